The van der Waals surface area contributed by atoms with E-state index >= 15 is 0 Å². The zero-order chi connectivity index (χ0) is 10.7. The maximum atomic E-state index is 12.0. The fourth-order valence-electron chi connectivity index (χ4n) is 1.55. The Morgan fingerprint density at radius 3 is 2.73 bits per heavy atom. The summed E-state index contributed by atoms with van der Waals surface area (Å²) in [6.45, 7) is 3.29. The molecular weight excluding hydrogens is 258 g/mol. The third kappa shape index (κ3) is 2.54. The lowest BCUT2D eigenvalue weighted by Gasteiger charge is -2.27. The van der Waals surface area contributed by atoms with Crippen molar-refractivity contribution in [2.24, 2.45) is 0 Å². The molecule has 0 unspecified atom stereocenters. The molecule has 1 aromatic heterocycles. The van der Waals surface area contributed by atoms with Gasteiger partial charge in [-0.25, -0.2) is 4.98 Å². The van der Waals surface area contributed by atoms with E-state index in [1.807, 2.05) is 4.90 Å². The lowest BCUT2D eigenvalue weighted by molar-refractivity contribution is 0.0735. The van der Waals surface area contributed by atoms with Gasteiger partial charge >= 0.3 is 0 Å². The number of carbonyl (C=O) groups excluding carboxylic acids is 1. The maximum absolute atomic E-state index is 12.0. The van der Waals surface area contributed by atoms with Crippen molar-refractivity contribution in [1.29, 1.82) is 0 Å². The Morgan fingerprint density at radius 2 is 2.13 bits per heavy atom. The molecule has 0 spiro atoms. The molecule has 4 nitrogen and oxygen atoms in total. The summed E-state index contributed by atoms with van der Waals surface area (Å²) in [4.78, 5) is 17.9. The first-order valence-electron chi connectivity index (χ1n) is 4.89. The molecule has 1 saturated heterocycles. The molecule has 2 rings (SSSR count). The van der Waals surface area contributed by atoms with Gasteiger partial charge < -0.3 is 10.2 Å². The first-order valence-corrected chi connectivity index (χ1v) is 5.68. The summed E-state index contributed by atoms with van der Waals surface area (Å²) in [5.74, 6) is 0.0662. The van der Waals surface area contributed by atoms with Gasteiger partial charge in [0.25, 0.3) is 5.91 Å². The number of aromatic nitrogens is 1. The molecule has 0 aliphatic carbocycles. The standard InChI is InChI=1S/C10H12BrN3O/c11-9-2-1-8(7-13-9)10(15)14-5-3-12-4-6-14/h1-2,7,12H,3-6H2. The van der Waals surface area contributed by atoms with Crippen LogP contribution in [0, 0.1) is 0 Å². The molecule has 80 valence electrons. The minimum absolute atomic E-state index is 0.0662. The summed E-state index contributed by atoms with van der Waals surface area (Å²) >= 11 is 3.24. The predicted octanol–water partition coefficient (Wildman–Crippen LogP) is 0.889. The molecular formula is C10H12BrN3O. The van der Waals surface area contributed by atoms with Gasteiger partial charge in [0.05, 0.1) is 5.56 Å². The summed E-state index contributed by atoms with van der Waals surface area (Å²) in [5.41, 5.74) is 0.653. The van der Waals surface area contributed by atoms with E-state index in [-0.39, 0.29) is 5.91 Å². The largest absolute Gasteiger partial charge is 0.336 e. The molecule has 0 saturated carbocycles. The maximum Gasteiger partial charge on any atom is 0.255 e. The number of halogens is 1. The summed E-state index contributed by atoms with van der Waals surface area (Å²) in [6.07, 6.45) is 1.61. The van der Waals surface area contributed by atoms with Crippen molar-refractivity contribution in [3.05, 3.63) is 28.5 Å². The van der Waals surface area contributed by atoms with Gasteiger partial charge in [-0.2, -0.15) is 0 Å². The third-order valence-corrected chi connectivity index (χ3v) is 2.85. The molecule has 1 aliphatic heterocycles. The molecule has 1 aromatic rings. The van der Waals surface area contributed by atoms with Crippen LogP contribution < -0.4 is 5.32 Å². The van der Waals surface area contributed by atoms with Crippen LogP contribution in [0.3, 0.4) is 0 Å². The summed E-state index contributed by atoms with van der Waals surface area (Å²) in [5, 5.41) is 3.21. The van der Waals surface area contributed by atoms with Gasteiger partial charge in [0.1, 0.15) is 4.60 Å². The lowest BCUT2D eigenvalue weighted by atomic mass is 10.2. The molecule has 0 radical (unpaired) electrons. The van der Waals surface area contributed by atoms with Crippen molar-refractivity contribution >= 4 is 21.8 Å². The Kier molecular flexibility index (Phi) is 3.33. The SMILES string of the molecule is O=C(c1ccc(Br)nc1)N1CCNCC1. The first-order chi connectivity index (χ1) is 7.27. The van der Waals surface area contributed by atoms with E-state index in [1.54, 1.807) is 18.3 Å². The number of rotatable bonds is 1. The highest BCUT2D eigenvalue weighted by molar-refractivity contribution is 9.10. The summed E-state index contributed by atoms with van der Waals surface area (Å²) in [7, 11) is 0. The second-order valence-corrected chi connectivity index (χ2v) is 4.22. The molecule has 1 fully saturated rings. The summed E-state index contributed by atoms with van der Waals surface area (Å²) < 4.78 is 0.749. The number of hydrogen-bond acceptors (Lipinski definition) is 3. The van der Waals surface area contributed by atoms with E-state index in [1.165, 1.54) is 0 Å². The van der Waals surface area contributed by atoms with Crippen LogP contribution in [0.1, 0.15) is 10.4 Å². The van der Waals surface area contributed by atoms with Crippen molar-refractivity contribution in [3.8, 4) is 0 Å². The number of carbonyl (C=O) groups is 1. The van der Waals surface area contributed by atoms with E-state index in [4.69, 9.17) is 0 Å². The van der Waals surface area contributed by atoms with E-state index in [0.29, 0.717) is 5.56 Å². The zero-order valence-electron chi connectivity index (χ0n) is 8.24. The monoisotopic (exact) mass is 269 g/mol. The van der Waals surface area contributed by atoms with Crippen molar-refractivity contribution in [2.45, 2.75) is 0 Å². The normalized spacial score (nSPS) is 16.5. The van der Waals surface area contributed by atoms with Crippen molar-refractivity contribution in [2.75, 3.05) is 26.2 Å². The molecule has 1 aliphatic rings. The van der Waals surface area contributed by atoms with Crippen LogP contribution in [0.15, 0.2) is 22.9 Å². The highest BCUT2D eigenvalue weighted by Gasteiger charge is 2.17. The number of nitrogens with zero attached hydrogens (tertiary/aromatic N) is 2. The van der Waals surface area contributed by atoms with Crippen LogP contribution in [-0.4, -0.2) is 42.0 Å². The summed E-state index contributed by atoms with van der Waals surface area (Å²) in [6, 6.07) is 3.58. The molecule has 0 atom stereocenters. The van der Waals surface area contributed by atoms with Gasteiger partial charge in [0.2, 0.25) is 0 Å². The number of hydrogen-bond donors (Lipinski definition) is 1. The van der Waals surface area contributed by atoms with Crippen molar-refractivity contribution in [1.82, 2.24) is 15.2 Å². The van der Waals surface area contributed by atoms with E-state index in [0.717, 1.165) is 30.8 Å². The minimum atomic E-state index is 0.0662. The second kappa shape index (κ2) is 4.72. The smallest absolute Gasteiger partial charge is 0.255 e. The second-order valence-electron chi connectivity index (χ2n) is 3.41. The molecule has 15 heavy (non-hydrogen) atoms. The van der Waals surface area contributed by atoms with Gasteiger partial charge in [0.15, 0.2) is 0 Å². The topological polar surface area (TPSA) is 45.2 Å². The molecule has 0 bridgehead atoms. The van der Waals surface area contributed by atoms with Crippen molar-refractivity contribution in [3.63, 3.8) is 0 Å². The van der Waals surface area contributed by atoms with Crippen LogP contribution in [0.25, 0.3) is 0 Å². The predicted molar refractivity (Wildman–Crippen MR) is 60.7 cm³/mol. The van der Waals surface area contributed by atoms with Gasteiger partial charge in [-0.05, 0) is 28.1 Å². The molecule has 5 heteroatoms. The van der Waals surface area contributed by atoms with Crippen LogP contribution in [-0.2, 0) is 0 Å². The molecule has 1 N–H and O–H groups in total. The molecule has 1 amide bonds. The van der Waals surface area contributed by atoms with Crippen LogP contribution in [0.4, 0.5) is 0 Å². The van der Waals surface area contributed by atoms with Crippen molar-refractivity contribution < 1.29 is 4.79 Å². The number of amides is 1. The fraction of sp³-hybridized carbons (Fsp3) is 0.400. The van der Waals surface area contributed by atoms with Crippen LogP contribution >= 0.6 is 15.9 Å². The Balaban J connectivity index is 2.09. The van der Waals surface area contributed by atoms with Gasteiger partial charge in [0, 0.05) is 32.4 Å². The van der Waals surface area contributed by atoms with E-state index < -0.39 is 0 Å². The van der Waals surface area contributed by atoms with Gasteiger partial charge in [-0.3, -0.25) is 4.79 Å². The number of piperazine rings is 1. The first kappa shape index (κ1) is 10.6. The number of nitrogens with one attached hydrogen (secondary N) is 1. The Bertz CT molecular complexity index is 346. The Morgan fingerprint density at radius 1 is 1.40 bits per heavy atom. The fourth-order valence-corrected chi connectivity index (χ4v) is 1.79. The highest BCUT2D eigenvalue weighted by atomic mass is 79.9. The Hall–Kier alpha value is -0.940. The quantitative estimate of drug-likeness (QED) is 0.771. The van der Waals surface area contributed by atoms with E-state index in [9.17, 15) is 4.79 Å². The average Bonchev–Trinajstić information content (AvgIpc) is 2.30. The van der Waals surface area contributed by atoms with E-state index in [2.05, 4.69) is 26.2 Å². The lowest BCUT2D eigenvalue weighted by Crippen LogP contribution is -2.46. The molecule has 2 heterocycles. The minimum Gasteiger partial charge on any atom is -0.336 e. The Labute approximate surface area is 96.8 Å². The number of pyridine rings is 1. The van der Waals surface area contributed by atoms with Gasteiger partial charge in [-0.1, -0.05) is 0 Å². The zero-order valence-corrected chi connectivity index (χ0v) is 9.83. The molecule has 0 aromatic carbocycles. The third-order valence-electron chi connectivity index (χ3n) is 2.38. The van der Waals surface area contributed by atoms with Gasteiger partial charge in [-0.15, -0.1) is 0 Å². The average molecular weight is 270 g/mol. The van der Waals surface area contributed by atoms with Crippen LogP contribution in [0.2, 0.25) is 0 Å². The van der Waals surface area contributed by atoms with Crippen LogP contribution in [0.5, 0.6) is 0 Å². The highest BCUT2D eigenvalue weighted by Crippen LogP contribution is 2.09.